The van der Waals surface area contributed by atoms with E-state index in [1.54, 1.807) is 24.5 Å². The molecule has 0 bridgehead atoms. The van der Waals surface area contributed by atoms with E-state index in [1.807, 2.05) is 34.2 Å². The van der Waals surface area contributed by atoms with Crippen molar-refractivity contribution in [1.82, 2.24) is 24.6 Å². The molecule has 0 N–H and O–H groups in total. The lowest BCUT2D eigenvalue weighted by Crippen LogP contribution is -2.39. The summed E-state index contributed by atoms with van der Waals surface area (Å²) in [6, 6.07) is 11.4. The Bertz CT molecular complexity index is 1260. The summed E-state index contributed by atoms with van der Waals surface area (Å²) >= 11 is 6.08. The highest BCUT2D eigenvalue weighted by atomic mass is 35.5. The molecule has 0 radical (unpaired) electrons. The number of nitrogens with zero attached hydrogens (tertiary/aromatic N) is 5. The molecule has 2 aromatic heterocycles. The Hall–Kier alpha value is -3.19. The molecule has 1 aromatic carbocycles. The summed E-state index contributed by atoms with van der Waals surface area (Å²) in [4.78, 5) is 34.7. The quantitative estimate of drug-likeness (QED) is 0.495. The maximum Gasteiger partial charge on any atom is 0.257 e. The first kappa shape index (κ1) is 23.2. The largest absolute Gasteiger partial charge is 0.338 e. The van der Waals surface area contributed by atoms with Crippen molar-refractivity contribution in [2.45, 2.75) is 50.0 Å². The minimum absolute atomic E-state index is 0.0203. The second kappa shape index (κ2) is 9.69. The van der Waals surface area contributed by atoms with Crippen LogP contribution >= 0.6 is 11.6 Å². The van der Waals surface area contributed by atoms with E-state index in [-0.39, 0.29) is 17.9 Å². The molecule has 1 atom stereocenters. The van der Waals surface area contributed by atoms with Gasteiger partial charge in [-0.05, 0) is 61.9 Å². The standard InChI is InChI=1S/C28H30ClN5O2/c29-23-5-1-3-20(15-23)27(35)32-13-9-24(10-14-32)34-26(19-6-7-19)25(17-31-34)28(36)33-12-8-22(18-33)21-4-2-11-30-16-21/h1-5,11,15-17,19,22,24H,6-10,12-14,18H2. The van der Waals surface area contributed by atoms with Gasteiger partial charge in [-0.25, -0.2) is 0 Å². The molecule has 1 saturated carbocycles. The third-order valence-corrected chi connectivity index (χ3v) is 8.06. The molecule has 7 nitrogen and oxygen atoms in total. The molecule has 36 heavy (non-hydrogen) atoms. The summed E-state index contributed by atoms with van der Waals surface area (Å²) in [5.74, 6) is 0.868. The molecule has 1 unspecified atom stereocenters. The Morgan fingerprint density at radius 2 is 1.67 bits per heavy atom. The zero-order valence-corrected chi connectivity index (χ0v) is 21.0. The first-order valence-corrected chi connectivity index (χ1v) is 13.3. The molecular formula is C28H30ClN5O2. The number of amides is 2. The lowest BCUT2D eigenvalue weighted by Gasteiger charge is -2.33. The summed E-state index contributed by atoms with van der Waals surface area (Å²) in [6.07, 6.45) is 10.3. The summed E-state index contributed by atoms with van der Waals surface area (Å²) in [5, 5.41) is 5.32. The van der Waals surface area contributed by atoms with Crippen molar-refractivity contribution in [3.05, 3.63) is 82.4 Å². The summed E-state index contributed by atoms with van der Waals surface area (Å²) < 4.78 is 2.11. The van der Waals surface area contributed by atoms with Crippen molar-refractivity contribution in [2.24, 2.45) is 0 Å². The van der Waals surface area contributed by atoms with Crippen molar-refractivity contribution in [3.63, 3.8) is 0 Å². The normalized spacial score (nSPS) is 20.6. The highest BCUT2D eigenvalue weighted by molar-refractivity contribution is 6.30. The van der Waals surface area contributed by atoms with E-state index in [0.717, 1.165) is 56.5 Å². The van der Waals surface area contributed by atoms with Gasteiger partial charge in [0.2, 0.25) is 0 Å². The SMILES string of the molecule is O=C(c1cccc(Cl)c1)N1CCC(n2ncc(C(=O)N3CCC(c4cccnc4)C3)c2C2CC2)CC1. The van der Waals surface area contributed by atoms with Gasteiger partial charge in [0.05, 0.1) is 23.5 Å². The average Bonchev–Trinajstić information content (AvgIpc) is 3.46. The van der Waals surface area contributed by atoms with Crippen LogP contribution in [0.1, 0.15) is 82.0 Å². The van der Waals surface area contributed by atoms with Crippen molar-refractivity contribution in [2.75, 3.05) is 26.2 Å². The molecule has 6 rings (SSSR count). The second-order valence-corrected chi connectivity index (χ2v) is 10.7. The van der Waals surface area contributed by atoms with Crippen LogP contribution < -0.4 is 0 Å². The van der Waals surface area contributed by atoms with Crippen LogP contribution in [0.25, 0.3) is 0 Å². The smallest absolute Gasteiger partial charge is 0.257 e. The summed E-state index contributed by atoms with van der Waals surface area (Å²) in [5.41, 5.74) is 3.69. The van der Waals surface area contributed by atoms with Crippen molar-refractivity contribution < 1.29 is 9.59 Å². The van der Waals surface area contributed by atoms with Gasteiger partial charge in [0.1, 0.15) is 0 Å². The van der Waals surface area contributed by atoms with Crippen LogP contribution in [0.3, 0.4) is 0 Å². The fourth-order valence-electron chi connectivity index (χ4n) is 5.71. The minimum atomic E-state index is 0.0203. The van der Waals surface area contributed by atoms with E-state index in [2.05, 4.69) is 15.7 Å². The van der Waals surface area contributed by atoms with Gasteiger partial charge in [-0.15, -0.1) is 0 Å². The molecular weight excluding hydrogens is 474 g/mol. The van der Waals surface area contributed by atoms with Gasteiger partial charge in [0.25, 0.3) is 11.8 Å². The monoisotopic (exact) mass is 503 g/mol. The van der Waals surface area contributed by atoms with Crippen LogP contribution in [0, 0.1) is 0 Å². The molecule has 4 heterocycles. The van der Waals surface area contributed by atoms with Crippen LogP contribution in [0.5, 0.6) is 0 Å². The number of aromatic nitrogens is 3. The predicted octanol–water partition coefficient (Wildman–Crippen LogP) is 4.92. The summed E-state index contributed by atoms with van der Waals surface area (Å²) in [6.45, 7) is 2.83. The number of hydrogen-bond acceptors (Lipinski definition) is 4. The highest BCUT2D eigenvalue weighted by Gasteiger charge is 2.38. The van der Waals surface area contributed by atoms with E-state index in [0.29, 0.717) is 35.5 Å². The molecule has 2 aliphatic heterocycles. The van der Waals surface area contributed by atoms with E-state index in [4.69, 9.17) is 16.7 Å². The minimum Gasteiger partial charge on any atom is -0.338 e. The summed E-state index contributed by atoms with van der Waals surface area (Å²) in [7, 11) is 0. The topological polar surface area (TPSA) is 71.3 Å². The van der Waals surface area contributed by atoms with Gasteiger partial charge < -0.3 is 9.80 Å². The highest BCUT2D eigenvalue weighted by Crippen LogP contribution is 2.44. The first-order chi connectivity index (χ1) is 17.6. The molecule has 1 aliphatic carbocycles. The molecule has 8 heteroatoms. The predicted molar refractivity (Wildman–Crippen MR) is 137 cm³/mol. The van der Waals surface area contributed by atoms with Crippen molar-refractivity contribution in [3.8, 4) is 0 Å². The Kier molecular flexibility index (Phi) is 6.25. The van der Waals surface area contributed by atoms with Crippen LogP contribution in [0.15, 0.2) is 55.0 Å². The third-order valence-electron chi connectivity index (χ3n) is 7.83. The number of halogens is 1. The van der Waals surface area contributed by atoms with E-state index < -0.39 is 0 Å². The number of pyridine rings is 1. The van der Waals surface area contributed by atoms with Crippen molar-refractivity contribution >= 4 is 23.4 Å². The average molecular weight is 504 g/mol. The van der Waals surface area contributed by atoms with Crippen LogP contribution in [-0.2, 0) is 0 Å². The maximum atomic E-state index is 13.6. The van der Waals surface area contributed by atoms with Gasteiger partial charge >= 0.3 is 0 Å². The lowest BCUT2D eigenvalue weighted by molar-refractivity contribution is 0.0689. The number of benzene rings is 1. The number of carbonyl (C=O) groups is 2. The zero-order valence-electron chi connectivity index (χ0n) is 20.2. The molecule has 0 spiro atoms. The van der Waals surface area contributed by atoms with Crippen LogP contribution in [0.4, 0.5) is 0 Å². The third kappa shape index (κ3) is 4.52. The Morgan fingerprint density at radius 3 is 2.39 bits per heavy atom. The zero-order chi connectivity index (χ0) is 24.6. The lowest BCUT2D eigenvalue weighted by atomic mass is 10.0. The number of likely N-dealkylation sites (tertiary alicyclic amines) is 2. The van der Waals surface area contributed by atoms with E-state index in [9.17, 15) is 9.59 Å². The van der Waals surface area contributed by atoms with Gasteiger partial charge in [-0.3, -0.25) is 19.3 Å². The first-order valence-electron chi connectivity index (χ1n) is 12.9. The molecule has 2 amide bonds. The number of piperidine rings is 1. The van der Waals surface area contributed by atoms with Crippen LogP contribution in [-0.4, -0.2) is 62.6 Å². The molecule has 3 fully saturated rings. The van der Waals surface area contributed by atoms with E-state index in [1.165, 1.54) is 5.56 Å². The molecule has 186 valence electrons. The van der Waals surface area contributed by atoms with Gasteiger partial charge in [0, 0.05) is 61.0 Å². The fraction of sp³-hybridized carbons (Fsp3) is 0.429. The molecule has 3 aromatic rings. The number of hydrogen-bond donors (Lipinski definition) is 0. The number of rotatable bonds is 5. The van der Waals surface area contributed by atoms with Crippen molar-refractivity contribution in [1.29, 1.82) is 0 Å². The molecule has 2 saturated heterocycles. The fourth-order valence-corrected chi connectivity index (χ4v) is 5.90. The van der Waals surface area contributed by atoms with E-state index >= 15 is 0 Å². The Balaban J connectivity index is 1.15. The maximum absolute atomic E-state index is 13.6. The Labute approximate surface area is 216 Å². The van der Waals surface area contributed by atoms with Gasteiger partial charge in [0.15, 0.2) is 0 Å². The second-order valence-electron chi connectivity index (χ2n) is 10.2. The molecule has 3 aliphatic rings. The van der Waals surface area contributed by atoms with Gasteiger partial charge in [-0.1, -0.05) is 23.7 Å². The van der Waals surface area contributed by atoms with Gasteiger partial charge in [-0.2, -0.15) is 5.10 Å². The Morgan fingerprint density at radius 1 is 0.861 bits per heavy atom. The number of carbonyl (C=O) groups excluding carboxylic acids is 2. The van der Waals surface area contributed by atoms with Crippen LogP contribution in [0.2, 0.25) is 5.02 Å².